The van der Waals surface area contributed by atoms with Crippen molar-refractivity contribution in [3.05, 3.63) is 93.5 Å². The first-order valence-corrected chi connectivity index (χ1v) is 10.8. The van der Waals surface area contributed by atoms with E-state index in [-0.39, 0.29) is 11.6 Å². The monoisotopic (exact) mass is 443 g/mol. The van der Waals surface area contributed by atoms with Gasteiger partial charge in [0.1, 0.15) is 5.82 Å². The number of para-hydroxylation sites is 1. The molecule has 2 aromatic heterocycles. The number of halogens is 1. The lowest BCUT2D eigenvalue weighted by atomic mass is 10.1. The third-order valence-corrected chi connectivity index (χ3v) is 6.23. The van der Waals surface area contributed by atoms with Crippen LogP contribution in [0.25, 0.3) is 26.7 Å². The Labute approximate surface area is 186 Å². The third kappa shape index (κ3) is 3.27. The highest BCUT2D eigenvalue weighted by Crippen LogP contribution is 2.32. The smallest absolute Gasteiger partial charge is 0.265 e. The predicted molar refractivity (Wildman–Crippen MR) is 128 cm³/mol. The second-order valence-electron chi connectivity index (χ2n) is 7.56. The van der Waals surface area contributed by atoms with Gasteiger partial charge in [-0.05, 0) is 49.2 Å². The largest absolute Gasteiger partial charge is 0.494 e. The third-order valence-electron chi connectivity index (χ3n) is 5.32. The summed E-state index contributed by atoms with van der Waals surface area (Å²) in [6, 6.07) is 16.8. The van der Waals surface area contributed by atoms with Gasteiger partial charge in [-0.15, -0.1) is 0 Å². The molecule has 2 heterocycles. The molecule has 0 saturated heterocycles. The highest BCUT2D eigenvalue weighted by atomic mass is 32.1. The minimum Gasteiger partial charge on any atom is -0.494 e. The maximum atomic E-state index is 14.5. The van der Waals surface area contributed by atoms with E-state index in [1.807, 2.05) is 13.8 Å². The first-order chi connectivity index (χ1) is 15.4. The second kappa shape index (κ2) is 7.69. The van der Waals surface area contributed by atoms with Crippen LogP contribution in [0.5, 0.6) is 5.88 Å². The number of hydrogen-bond donors (Lipinski definition) is 1. The van der Waals surface area contributed by atoms with E-state index < -0.39 is 11.4 Å². The number of hydrogen-bond acceptors (Lipinski definition) is 5. The van der Waals surface area contributed by atoms with E-state index in [1.165, 1.54) is 35.8 Å². The molecule has 0 aliphatic carbocycles. The van der Waals surface area contributed by atoms with Crippen molar-refractivity contribution in [3.63, 3.8) is 0 Å². The van der Waals surface area contributed by atoms with Gasteiger partial charge in [0.25, 0.3) is 5.56 Å². The van der Waals surface area contributed by atoms with Crippen LogP contribution in [-0.4, -0.2) is 20.9 Å². The molecular weight excluding hydrogens is 425 g/mol. The minimum absolute atomic E-state index is 0.0264. The molecule has 0 atom stereocenters. The number of thiazole rings is 1. The summed E-state index contributed by atoms with van der Waals surface area (Å²) in [5.74, 6) is -0.990. The van der Waals surface area contributed by atoms with Crippen LogP contribution in [0.1, 0.15) is 16.7 Å². The molecule has 5 rings (SSSR count). The Kier molecular flexibility index (Phi) is 4.83. The lowest BCUT2D eigenvalue weighted by Gasteiger charge is -2.14. The van der Waals surface area contributed by atoms with Gasteiger partial charge in [-0.3, -0.25) is 4.79 Å². The predicted octanol–water partition coefficient (Wildman–Crippen LogP) is 5.81. The zero-order valence-electron chi connectivity index (χ0n) is 17.3. The number of aromatic hydroxyl groups is 1. The summed E-state index contributed by atoms with van der Waals surface area (Å²) in [5.41, 5.74) is 2.88. The van der Waals surface area contributed by atoms with Gasteiger partial charge in [0.05, 0.1) is 21.5 Å². The molecule has 0 bridgehead atoms. The molecule has 32 heavy (non-hydrogen) atoms. The standard InChI is InChI=1S/C25H18FN3O2S/c1-14-11-15(2)22-21(12-14)32-25(28-22)27-13-18-16-7-3-4-8-17(16)23(30)29(24(18)31)20-10-6-5-9-19(20)26/h3-13,31H,1-2H3. The molecule has 3 aromatic carbocycles. The fourth-order valence-electron chi connectivity index (χ4n) is 3.88. The minimum atomic E-state index is -0.611. The number of rotatable bonds is 3. The zero-order chi connectivity index (χ0) is 22.4. The number of aromatic nitrogens is 2. The first-order valence-electron chi connectivity index (χ1n) is 9.97. The Balaban J connectivity index is 1.73. The lowest BCUT2D eigenvalue weighted by molar-refractivity contribution is 0.433. The maximum Gasteiger partial charge on any atom is 0.265 e. The van der Waals surface area contributed by atoms with Gasteiger partial charge in [0.2, 0.25) is 11.0 Å². The number of benzene rings is 3. The van der Waals surface area contributed by atoms with Crippen LogP contribution in [0.3, 0.4) is 0 Å². The average Bonchev–Trinajstić information content (AvgIpc) is 3.18. The van der Waals surface area contributed by atoms with E-state index >= 15 is 0 Å². The molecule has 5 nitrogen and oxygen atoms in total. The van der Waals surface area contributed by atoms with Gasteiger partial charge in [-0.25, -0.2) is 18.9 Å². The van der Waals surface area contributed by atoms with E-state index in [4.69, 9.17) is 0 Å². The summed E-state index contributed by atoms with van der Waals surface area (Å²) in [7, 11) is 0. The van der Waals surface area contributed by atoms with Crippen molar-refractivity contribution >= 4 is 43.7 Å². The lowest BCUT2D eigenvalue weighted by Crippen LogP contribution is -2.21. The summed E-state index contributed by atoms with van der Waals surface area (Å²) in [6.45, 7) is 4.04. The second-order valence-corrected chi connectivity index (χ2v) is 8.57. The SMILES string of the molecule is Cc1cc(C)c2nc(N=Cc3c(O)n(-c4ccccc4F)c(=O)c4ccccc34)sc2c1. The highest BCUT2D eigenvalue weighted by molar-refractivity contribution is 7.22. The van der Waals surface area contributed by atoms with E-state index in [1.54, 1.807) is 30.3 Å². The zero-order valence-corrected chi connectivity index (χ0v) is 18.2. The van der Waals surface area contributed by atoms with Crippen LogP contribution in [0.2, 0.25) is 0 Å². The molecule has 0 amide bonds. The van der Waals surface area contributed by atoms with Gasteiger partial charge in [0, 0.05) is 17.0 Å². The number of aryl methyl sites for hydroxylation is 2. The summed E-state index contributed by atoms with van der Waals surface area (Å²) in [4.78, 5) is 22.2. The number of nitrogens with zero attached hydrogens (tertiary/aromatic N) is 3. The van der Waals surface area contributed by atoms with Gasteiger partial charge >= 0.3 is 0 Å². The molecule has 0 radical (unpaired) electrons. The van der Waals surface area contributed by atoms with Crippen molar-refractivity contribution in [3.8, 4) is 11.6 Å². The molecule has 0 spiro atoms. The van der Waals surface area contributed by atoms with E-state index in [9.17, 15) is 14.3 Å². The molecule has 7 heteroatoms. The molecule has 0 fully saturated rings. The van der Waals surface area contributed by atoms with Crippen molar-refractivity contribution in [1.82, 2.24) is 9.55 Å². The topological polar surface area (TPSA) is 67.5 Å². The molecule has 0 aliphatic rings. The fraction of sp³-hybridized carbons (Fsp3) is 0.0800. The van der Waals surface area contributed by atoms with E-state index in [2.05, 4.69) is 22.1 Å². The Morgan fingerprint density at radius 2 is 1.78 bits per heavy atom. The highest BCUT2D eigenvalue weighted by Gasteiger charge is 2.18. The Morgan fingerprint density at radius 3 is 2.56 bits per heavy atom. The van der Waals surface area contributed by atoms with E-state index in [0.29, 0.717) is 21.5 Å². The summed E-state index contributed by atoms with van der Waals surface area (Å²) >= 11 is 1.44. The van der Waals surface area contributed by atoms with Gasteiger partial charge in [0.15, 0.2) is 0 Å². The first kappa shape index (κ1) is 20.1. The molecule has 158 valence electrons. The molecular formula is C25H18FN3O2S. The van der Waals surface area contributed by atoms with Crippen molar-refractivity contribution in [2.75, 3.05) is 0 Å². The average molecular weight is 444 g/mol. The van der Waals surface area contributed by atoms with Crippen LogP contribution < -0.4 is 5.56 Å². The molecule has 0 unspecified atom stereocenters. The van der Waals surface area contributed by atoms with Crippen LogP contribution in [-0.2, 0) is 0 Å². The number of pyridine rings is 1. The Morgan fingerprint density at radius 1 is 1.06 bits per heavy atom. The molecule has 0 aliphatic heterocycles. The van der Waals surface area contributed by atoms with Gasteiger partial charge in [-0.1, -0.05) is 47.7 Å². The van der Waals surface area contributed by atoms with E-state index in [0.717, 1.165) is 25.9 Å². The number of aliphatic imine (C=N–C) groups is 1. The fourth-order valence-corrected chi connectivity index (χ4v) is 4.87. The van der Waals surface area contributed by atoms with Crippen LogP contribution in [0.4, 0.5) is 9.52 Å². The summed E-state index contributed by atoms with van der Waals surface area (Å²) < 4.78 is 16.5. The van der Waals surface area contributed by atoms with Crippen molar-refractivity contribution in [2.45, 2.75) is 13.8 Å². The molecule has 0 saturated carbocycles. The normalized spacial score (nSPS) is 11.7. The summed E-state index contributed by atoms with van der Waals surface area (Å²) in [6.07, 6.45) is 1.48. The number of fused-ring (bicyclic) bond motifs is 2. The van der Waals surface area contributed by atoms with Gasteiger partial charge < -0.3 is 5.11 Å². The Hall–Kier alpha value is -3.84. The Bertz CT molecular complexity index is 1600. The van der Waals surface area contributed by atoms with Crippen LogP contribution >= 0.6 is 11.3 Å². The van der Waals surface area contributed by atoms with Crippen molar-refractivity contribution in [1.29, 1.82) is 0 Å². The molecule has 1 N–H and O–H groups in total. The van der Waals surface area contributed by atoms with Crippen LogP contribution in [0.15, 0.2) is 70.5 Å². The maximum absolute atomic E-state index is 14.5. The van der Waals surface area contributed by atoms with Gasteiger partial charge in [-0.2, -0.15) is 0 Å². The van der Waals surface area contributed by atoms with Crippen molar-refractivity contribution in [2.24, 2.45) is 4.99 Å². The van der Waals surface area contributed by atoms with Crippen LogP contribution in [0, 0.1) is 19.7 Å². The summed E-state index contributed by atoms with van der Waals surface area (Å²) in [5, 5.41) is 12.4. The molecule has 5 aromatic rings. The quantitative estimate of drug-likeness (QED) is 0.358. The van der Waals surface area contributed by atoms with Crippen molar-refractivity contribution < 1.29 is 9.50 Å².